The van der Waals surface area contributed by atoms with Crippen LogP contribution in [0.2, 0.25) is 0 Å². The van der Waals surface area contributed by atoms with Gasteiger partial charge in [-0.15, -0.1) is 0 Å². The van der Waals surface area contributed by atoms with Crippen LogP contribution in [0.3, 0.4) is 0 Å². The maximum Gasteiger partial charge on any atom is 0.413 e. The first-order chi connectivity index (χ1) is 19.4. The van der Waals surface area contributed by atoms with Gasteiger partial charge >= 0.3 is 6.18 Å². The summed E-state index contributed by atoms with van der Waals surface area (Å²) in [4.78, 5) is 14.8. The van der Waals surface area contributed by atoms with E-state index < -0.39 is 54.2 Å². The normalized spacial score (nSPS) is 38.5. The van der Waals surface area contributed by atoms with Crippen molar-refractivity contribution >= 4 is 5.91 Å². The van der Waals surface area contributed by atoms with Crippen molar-refractivity contribution < 1.29 is 42.0 Å². The van der Waals surface area contributed by atoms with Crippen molar-refractivity contribution in [1.82, 2.24) is 10.2 Å². The molecule has 11 heteroatoms. The van der Waals surface area contributed by atoms with Gasteiger partial charge in [0.1, 0.15) is 11.6 Å². The third-order valence-electron chi connectivity index (χ3n) is 8.47. The topological polar surface area (TPSA) is 92.8 Å². The summed E-state index contributed by atoms with van der Waals surface area (Å²) < 4.78 is 64.9. The summed E-state index contributed by atoms with van der Waals surface area (Å²) in [5.41, 5.74) is -0.895. The lowest BCUT2D eigenvalue weighted by Gasteiger charge is -2.39. The van der Waals surface area contributed by atoms with Crippen LogP contribution in [0.5, 0.6) is 0 Å². The van der Waals surface area contributed by atoms with Crippen molar-refractivity contribution in [1.29, 1.82) is 0 Å². The first kappa shape index (κ1) is 30.4. The average molecular weight is 583 g/mol. The molecule has 0 saturated carbocycles. The van der Waals surface area contributed by atoms with Crippen LogP contribution in [0.25, 0.3) is 0 Å². The highest BCUT2D eigenvalue weighted by molar-refractivity contribution is 5.92. The number of hydrogen-bond acceptors (Lipinski definition) is 7. The van der Waals surface area contributed by atoms with E-state index in [2.05, 4.69) is 5.32 Å². The van der Waals surface area contributed by atoms with Gasteiger partial charge in [-0.1, -0.05) is 43.7 Å². The van der Waals surface area contributed by atoms with Gasteiger partial charge in [0, 0.05) is 30.6 Å². The molecule has 5 rings (SSSR count). The molecule has 5 aliphatic rings. The number of alkyl halides is 3. The number of carbonyl (C=O) groups is 1. The molecule has 41 heavy (non-hydrogen) atoms. The van der Waals surface area contributed by atoms with Crippen LogP contribution < -0.4 is 5.32 Å². The summed E-state index contributed by atoms with van der Waals surface area (Å²) in [7, 11) is 0. The number of epoxide rings is 1. The Kier molecular flexibility index (Phi) is 8.86. The minimum Gasteiger partial charge on any atom is -0.374 e. The molecule has 0 spiro atoms. The number of hydrogen-bond donors (Lipinski definition) is 2. The number of nitrogens with one attached hydrogen (secondary N) is 1. The van der Waals surface area contributed by atoms with Crippen molar-refractivity contribution in [3.8, 4) is 0 Å². The molecule has 228 valence electrons. The Labute approximate surface area is 239 Å². The van der Waals surface area contributed by atoms with E-state index in [9.17, 15) is 23.1 Å². The summed E-state index contributed by atoms with van der Waals surface area (Å²) in [6.07, 6.45) is 4.68. The number of ether oxygens (including phenoxy) is 4. The van der Waals surface area contributed by atoms with Gasteiger partial charge in [0.2, 0.25) is 5.91 Å². The number of fused-ring (bicyclic) bond motifs is 2. The Hall–Kier alpha value is -2.02. The first-order valence-corrected chi connectivity index (χ1v) is 14.6. The summed E-state index contributed by atoms with van der Waals surface area (Å²) in [6.45, 7) is 8.22. The maximum absolute atomic E-state index is 13.9. The van der Waals surface area contributed by atoms with E-state index in [-0.39, 0.29) is 37.2 Å². The number of amides is 1. The predicted molar refractivity (Wildman–Crippen MR) is 144 cm³/mol. The van der Waals surface area contributed by atoms with Crippen LogP contribution in [-0.4, -0.2) is 83.9 Å². The van der Waals surface area contributed by atoms with Crippen LogP contribution in [0.1, 0.15) is 53.4 Å². The SMILES string of the molecule is CCCC1C2OC3OC3C=C(C(F)(F)F)C2C=C[C@H]1OCCCN1C(=O)C(C)(C2=CCC(OC(C)C)C=C2)NC1O. The zero-order valence-corrected chi connectivity index (χ0v) is 24.0. The van der Waals surface area contributed by atoms with Crippen molar-refractivity contribution in [2.45, 2.75) is 108 Å². The van der Waals surface area contributed by atoms with Gasteiger partial charge in [-0.3, -0.25) is 10.1 Å². The van der Waals surface area contributed by atoms with Crippen LogP contribution >= 0.6 is 0 Å². The average Bonchev–Trinajstić information content (AvgIpc) is 3.62. The van der Waals surface area contributed by atoms with Gasteiger partial charge < -0.3 is 29.0 Å². The fourth-order valence-corrected chi connectivity index (χ4v) is 6.41. The highest BCUT2D eigenvalue weighted by atomic mass is 19.4. The summed E-state index contributed by atoms with van der Waals surface area (Å²) in [5.74, 6) is -1.41. The molecule has 2 fully saturated rings. The van der Waals surface area contributed by atoms with Crippen molar-refractivity contribution in [3.63, 3.8) is 0 Å². The van der Waals surface area contributed by atoms with Crippen LogP contribution in [0.4, 0.5) is 13.2 Å². The molecule has 2 aliphatic carbocycles. The Balaban J connectivity index is 1.18. The number of halogens is 3. The van der Waals surface area contributed by atoms with Crippen molar-refractivity contribution in [2.75, 3.05) is 13.2 Å². The number of rotatable bonds is 10. The minimum absolute atomic E-state index is 0.0460. The van der Waals surface area contributed by atoms with E-state index in [1.54, 1.807) is 19.1 Å². The summed E-state index contributed by atoms with van der Waals surface area (Å²) in [5, 5.41) is 13.7. The molecule has 9 atom stereocenters. The van der Waals surface area contributed by atoms with Crippen molar-refractivity contribution in [3.05, 3.63) is 47.6 Å². The lowest BCUT2D eigenvalue weighted by molar-refractivity contribution is -0.136. The third-order valence-corrected chi connectivity index (χ3v) is 8.47. The van der Waals surface area contributed by atoms with Crippen LogP contribution in [0.15, 0.2) is 47.6 Å². The Morgan fingerprint density at radius 2 is 2.02 bits per heavy atom. The van der Waals surface area contributed by atoms with E-state index in [0.717, 1.165) is 18.1 Å². The highest BCUT2D eigenvalue weighted by Gasteiger charge is 2.54. The Morgan fingerprint density at radius 1 is 1.24 bits per heavy atom. The highest BCUT2D eigenvalue weighted by Crippen LogP contribution is 2.47. The van der Waals surface area contributed by atoms with Gasteiger partial charge in [-0.25, -0.2) is 0 Å². The minimum atomic E-state index is -4.47. The summed E-state index contributed by atoms with van der Waals surface area (Å²) >= 11 is 0. The maximum atomic E-state index is 13.9. The quantitative estimate of drug-likeness (QED) is 0.228. The monoisotopic (exact) mass is 582 g/mol. The van der Waals surface area contributed by atoms with Gasteiger partial charge in [-0.2, -0.15) is 13.2 Å². The second-order valence-corrected chi connectivity index (χ2v) is 11.9. The van der Waals surface area contributed by atoms with Crippen LogP contribution in [-0.2, 0) is 23.7 Å². The molecular weight excluding hydrogens is 541 g/mol. The largest absolute Gasteiger partial charge is 0.413 e. The van der Waals surface area contributed by atoms with E-state index in [4.69, 9.17) is 18.9 Å². The van der Waals surface area contributed by atoms with Gasteiger partial charge in [0.25, 0.3) is 0 Å². The fraction of sp³-hybridized carbons (Fsp3) is 0.700. The molecule has 8 unspecified atom stereocenters. The standard InChI is InChI=1S/C30H41F3N2O6/c1-5-7-21-23(13-12-20-22(30(31,32)33)16-24-26(40-24)41-25(20)21)38-15-6-14-35-27(36)29(4,34-28(35)37)18-8-10-19(11-9-18)39-17(2)3/h8-10,12-13,16-17,19-21,23-26,28,34,37H,5-7,11,14-15H2,1-4H3/t19?,20?,21?,23-,24?,25?,26?,28?,29?/m1/s1. The van der Waals surface area contributed by atoms with E-state index in [0.29, 0.717) is 19.3 Å². The van der Waals surface area contributed by atoms with E-state index in [1.165, 1.54) is 4.90 Å². The Bertz CT molecular complexity index is 1100. The molecule has 0 bridgehead atoms. The summed E-state index contributed by atoms with van der Waals surface area (Å²) in [6, 6.07) is 0. The molecule has 2 saturated heterocycles. The van der Waals surface area contributed by atoms with E-state index in [1.807, 2.05) is 39.0 Å². The number of carbonyl (C=O) groups excluding carboxylic acids is 1. The van der Waals surface area contributed by atoms with Crippen LogP contribution in [0, 0.1) is 11.8 Å². The predicted octanol–water partition coefficient (Wildman–Crippen LogP) is 4.12. The molecule has 8 nitrogen and oxygen atoms in total. The molecule has 3 heterocycles. The molecule has 2 N–H and O–H groups in total. The second kappa shape index (κ2) is 11.9. The molecule has 1 amide bonds. The van der Waals surface area contributed by atoms with Gasteiger partial charge in [0.05, 0.1) is 24.4 Å². The lowest BCUT2D eigenvalue weighted by atomic mass is 9.76. The molecule has 0 aromatic rings. The lowest BCUT2D eigenvalue weighted by Crippen LogP contribution is -2.46. The fourth-order valence-electron chi connectivity index (χ4n) is 6.41. The van der Waals surface area contributed by atoms with Gasteiger partial charge in [-0.05, 0) is 51.7 Å². The second-order valence-electron chi connectivity index (χ2n) is 11.9. The molecule has 0 radical (unpaired) electrons. The van der Waals surface area contributed by atoms with E-state index >= 15 is 0 Å². The molecule has 0 aromatic heterocycles. The first-order valence-electron chi connectivity index (χ1n) is 14.6. The number of nitrogens with zero attached hydrogens (tertiary/aromatic N) is 1. The van der Waals surface area contributed by atoms with Gasteiger partial charge in [0.15, 0.2) is 12.6 Å². The third kappa shape index (κ3) is 6.35. The zero-order valence-electron chi connectivity index (χ0n) is 24.0. The Morgan fingerprint density at radius 3 is 2.68 bits per heavy atom. The number of aliphatic hydroxyl groups excluding tert-OH is 1. The zero-order chi connectivity index (χ0) is 29.5. The molecule has 3 aliphatic heterocycles. The molecular formula is C30H41F3N2O6. The molecule has 0 aromatic carbocycles. The smallest absolute Gasteiger partial charge is 0.374 e. The number of aliphatic hydroxyl groups is 1. The van der Waals surface area contributed by atoms with Crippen molar-refractivity contribution in [2.24, 2.45) is 11.8 Å².